The van der Waals surface area contributed by atoms with Gasteiger partial charge in [-0.3, -0.25) is 4.79 Å². The average molecular weight is 368 g/mol. The molecule has 0 atom stereocenters. The van der Waals surface area contributed by atoms with E-state index in [2.05, 4.69) is 10.3 Å². The van der Waals surface area contributed by atoms with Crippen LogP contribution in [0.5, 0.6) is 0 Å². The Morgan fingerprint density at radius 1 is 1.21 bits per heavy atom. The van der Waals surface area contributed by atoms with Gasteiger partial charge in [0, 0.05) is 26.0 Å². The van der Waals surface area contributed by atoms with Gasteiger partial charge in [0.05, 0.1) is 15.6 Å². The van der Waals surface area contributed by atoms with Gasteiger partial charge in [0.2, 0.25) is 0 Å². The number of nitrogens with one attached hydrogen (secondary N) is 1. The quantitative estimate of drug-likeness (QED) is 0.821. The largest absolute Gasteiger partial charge is 0.452 e. The third-order valence-corrected chi connectivity index (χ3v) is 3.51. The van der Waals surface area contributed by atoms with E-state index in [0.717, 1.165) is 5.69 Å². The molecule has 0 bridgehead atoms. The van der Waals surface area contributed by atoms with Gasteiger partial charge in [-0.1, -0.05) is 23.2 Å². The number of hydrogen-bond acceptors (Lipinski definition) is 5. The van der Waals surface area contributed by atoms with E-state index in [9.17, 15) is 9.59 Å². The van der Waals surface area contributed by atoms with Gasteiger partial charge in [-0.25, -0.2) is 9.78 Å². The number of esters is 1. The van der Waals surface area contributed by atoms with Crippen LogP contribution in [0.25, 0.3) is 0 Å². The molecule has 126 valence electrons. The van der Waals surface area contributed by atoms with Crippen molar-refractivity contribution >= 4 is 46.6 Å². The van der Waals surface area contributed by atoms with Gasteiger partial charge in [-0.05, 0) is 30.3 Å². The molecule has 1 N–H and O–H groups in total. The van der Waals surface area contributed by atoms with Crippen LogP contribution in [0.15, 0.2) is 36.5 Å². The molecule has 1 aromatic heterocycles. The summed E-state index contributed by atoms with van der Waals surface area (Å²) in [5, 5.41) is 2.99. The first kappa shape index (κ1) is 18.0. The van der Waals surface area contributed by atoms with Gasteiger partial charge in [0.15, 0.2) is 12.4 Å². The number of anilines is 2. The van der Waals surface area contributed by atoms with Gasteiger partial charge < -0.3 is 15.0 Å². The van der Waals surface area contributed by atoms with Gasteiger partial charge in [0.25, 0.3) is 5.91 Å². The predicted molar refractivity (Wildman–Crippen MR) is 93.9 cm³/mol. The molecule has 0 spiro atoms. The second-order valence-electron chi connectivity index (χ2n) is 5.05. The fraction of sp³-hybridized carbons (Fsp3) is 0.188. The lowest BCUT2D eigenvalue weighted by Crippen LogP contribution is -2.21. The third-order valence-electron chi connectivity index (χ3n) is 3.02. The lowest BCUT2D eigenvalue weighted by atomic mass is 10.2. The number of halogens is 2. The fourth-order valence-electron chi connectivity index (χ4n) is 1.78. The standard InChI is InChI=1S/C16H15Cl2N3O3/c1-21(2)12-5-3-10(4-6-12)16(23)24-9-14(22)20-15-13(18)7-11(17)8-19-15/h3-8H,9H2,1-2H3,(H,19,20,22). The number of rotatable bonds is 5. The molecular formula is C16H15Cl2N3O3. The zero-order valence-electron chi connectivity index (χ0n) is 13.0. The SMILES string of the molecule is CN(C)c1ccc(C(=O)OCC(=O)Nc2ncc(Cl)cc2Cl)cc1. The molecule has 0 unspecified atom stereocenters. The van der Waals surface area contributed by atoms with E-state index in [-0.39, 0.29) is 10.8 Å². The number of benzene rings is 1. The topological polar surface area (TPSA) is 71.5 Å². The van der Waals surface area contributed by atoms with Crippen LogP contribution < -0.4 is 10.2 Å². The van der Waals surface area contributed by atoms with Crippen LogP contribution in [0, 0.1) is 0 Å². The van der Waals surface area contributed by atoms with Gasteiger partial charge in [0.1, 0.15) is 0 Å². The summed E-state index contributed by atoms with van der Waals surface area (Å²) in [5.41, 5.74) is 1.31. The van der Waals surface area contributed by atoms with Crippen LogP contribution in [0.4, 0.5) is 11.5 Å². The molecule has 1 heterocycles. The molecule has 1 aromatic carbocycles. The number of carbonyl (C=O) groups is 2. The van der Waals surface area contributed by atoms with E-state index >= 15 is 0 Å². The first-order valence-electron chi connectivity index (χ1n) is 6.92. The molecule has 0 aliphatic carbocycles. The molecular weight excluding hydrogens is 353 g/mol. The lowest BCUT2D eigenvalue weighted by Gasteiger charge is -2.12. The maximum atomic E-state index is 11.9. The summed E-state index contributed by atoms with van der Waals surface area (Å²) in [6.45, 7) is -0.450. The van der Waals surface area contributed by atoms with Crippen LogP contribution in [0.3, 0.4) is 0 Å². The van der Waals surface area contributed by atoms with E-state index in [1.54, 1.807) is 24.3 Å². The van der Waals surface area contributed by atoms with E-state index in [1.807, 2.05) is 19.0 Å². The Balaban J connectivity index is 1.90. The van der Waals surface area contributed by atoms with Crippen molar-refractivity contribution in [3.63, 3.8) is 0 Å². The molecule has 1 amide bonds. The van der Waals surface area contributed by atoms with Gasteiger partial charge in [-0.2, -0.15) is 0 Å². The Hall–Kier alpha value is -2.31. The van der Waals surface area contributed by atoms with E-state index < -0.39 is 18.5 Å². The number of carbonyl (C=O) groups excluding carboxylic acids is 2. The van der Waals surface area contributed by atoms with E-state index in [0.29, 0.717) is 10.6 Å². The molecule has 0 saturated carbocycles. The predicted octanol–water partition coefficient (Wildman–Crippen LogP) is 3.25. The summed E-state index contributed by atoms with van der Waals surface area (Å²) in [4.78, 5) is 29.5. The first-order chi connectivity index (χ1) is 11.4. The summed E-state index contributed by atoms with van der Waals surface area (Å²) < 4.78 is 4.96. The molecule has 2 aromatic rings. The van der Waals surface area contributed by atoms with Gasteiger partial charge in [-0.15, -0.1) is 0 Å². The number of nitrogens with zero attached hydrogens (tertiary/aromatic N) is 2. The Kier molecular flexibility index (Phi) is 6.00. The highest BCUT2D eigenvalue weighted by Gasteiger charge is 2.12. The zero-order valence-corrected chi connectivity index (χ0v) is 14.6. The summed E-state index contributed by atoms with van der Waals surface area (Å²) in [7, 11) is 3.79. The minimum atomic E-state index is -0.592. The maximum absolute atomic E-state index is 11.9. The Morgan fingerprint density at radius 3 is 2.46 bits per heavy atom. The second-order valence-corrected chi connectivity index (χ2v) is 5.89. The van der Waals surface area contributed by atoms with Crippen molar-refractivity contribution in [2.24, 2.45) is 0 Å². The minimum absolute atomic E-state index is 0.150. The molecule has 0 aliphatic rings. The molecule has 8 heteroatoms. The zero-order chi connectivity index (χ0) is 17.7. The third kappa shape index (κ3) is 4.84. The number of amides is 1. The molecule has 0 saturated heterocycles. The van der Waals surface area contributed by atoms with Crippen molar-refractivity contribution < 1.29 is 14.3 Å². The molecule has 0 radical (unpaired) electrons. The van der Waals surface area contributed by atoms with Crippen molar-refractivity contribution in [3.05, 3.63) is 52.1 Å². The highest BCUT2D eigenvalue weighted by Crippen LogP contribution is 2.22. The fourth-order valence-corrected chi connectivity index (χ4v) is 2.21. The number of pyridine rings is 1. The lowest BCUT2D eigenvalue weighted by molar-refractivity contribution is -0.119. The summed E-state index contributed by atoms with van der Waals surface area (Å²) in [6, 6.07) is 8.28. The van der Waals surface area contributed by atoms with Crippen molar-refractivity contribution in [1.82, 2.24) is 4.98 Å². The van der Waals surface area contributed by atoms with E-state index in [1.165, 1.54) is 12.3 Å². The first-order valence-corrected chi connectivity index (χ1v) is 7.68. The Morgan fingerprint density at radius 2 is 1.88 bits per heavy atom. The summed E-state index contributed by atoms with van der Waals surface area (Å²) in [6.07, 6.45) is 1.35. The monoisotopic (exact) mass is 367 g/mol. The van der Waals surface area contributed by atoms with Crippen molar-refractivity contribution in [1.29, 1.82) is 0 Å². The van der Waals surface area contributed by atoms with Crippen molar-refractivity contribution in [3.8, 4) is 0 Å². The number of ether oxygens (including phenoxy) is 1. The molecule has 0 fully saturated rings. The number of hydrogen-bond donors (Lipinski definition) is 1. The van der Waals surface area contributed by atoms with Crippen LogP contribution in [-0.4, -0.2) is 37.6 Å². The van der Waals surface area contributed by atoms with Crippen molar-refractivity contribution in [2.75, 3.05) is 30.9 Å². The van der Waals surface area contributed by atoms with E-state index in [4.69, 9.17) is 27.9 Å². The summed E-state index contributed by atoms with van der Waals surface area (Å²) >= 11 is 11.6. The van der Waals surface area contributed by atoms with Crippen LogP contribution in [0.1, 0.15) is 10.4 Å². The van der Waals surface area contributed by atoms with Crippen LogP contribution in [-0.2, 0) is 9.53 Å². The maximum Gasteiger partial charge on any atom is 0.338 e. The summed E-state index contributed by atoms with van der Waals surface area (Å²) in [5.74, 6) is -0.993. The molecule has 0 aliphatic heterocycles. The van der Waals surface area contributed by atoms with Crippen molar-refractivity contribution in [2.45, 2.75) is 0 Å². The molecule has 24 heavy (non-hydrogen) atoms. The minimum Gasteiger partial charge on any atom is -0.452 e. The normalized spacial score (nSPS) is 10.2. The highest BCUT2D eigenvalue weighted by atomic mass is 35.5. The molecule has 6 nitrogen and oxygen atoms in total. The van der Waals surface area contributed by atoms with Gasteiger partial charge >= 0.3 is 5.97 Å². The number of aromatic nitrogens is 1. The Bertz CT molecular complexity index is 749. The van der Waals surface area contributed by atoms with Crippen LogP contribution in [0.2, 0.25) is 10.0 Å². The molecule has 2 rings (SSSR count). The Labute approximate surface area is 149 Å². The van der Waals surface area contributed by atoms with Crippen LogP contribution >= 0.6 is 23.2 Å². The smallest absolute Gasteiger partial charge is 0.338 e. The highest BCUT2D eigenvalue weighted by molar-refractivity contribution is 6.36. The second kappa shape index (κ2) is 7.99. The average Bonchev–Trinajstić information content (AvgIpc) is 2.55.